The fourth-order valence-corrected chi connectivity index (χ4v) is 2.55. The van der Waals surface area contributed by atoms with E-state index < -0.39 is 0 Å². The summed E-state index contributed by atoms with van der Waals surface area (Å²) in [6, 6.07) is 10.3. The molecule has 1 heterocycles. The van der Waals surface area contributed by atoms with Crippen LogP contribution in [0, 0.1) is 13.8 Å². The molecule has 0 amide bonds. The molecule has 0 aliphatic carbocycles. The van der Waals surface area contributed by atoms with Gasteiger partial charge in [-0.3, -0.25) is 4.98 Å². The molecule has 3 nitrogen and oxygen atoms in total. The highest BCUT2D eigenvalue weighted by atomic mass is 16.5. The topological polar surface area (TPSA) is 34.1 Å². The number of nitrogens with zero attached hydrogens (tertiary/aromatic N) is 1. The number of hydrogen-bond acceptors (Lipinski definition) is 3. The molecular weight excluding hydrogens is 260 g/mol. The van der Waals surface area contributed by atoms with Gasteiger partial charge in [0.05, 0.1) is 17.8 Å². The molecule has 3 heteroatoms. The van der Waals surface area contributed by atoms with Gasteiger partial charge < -0.3 is 10.1 Å². The van der Waals surface area contributed by atoms with Gasteiger partial charge in [0.15, 0.2) is 0 Å². The van der Waals surface area contributed by atoms with Gasteiger partial charge in [0, 0.05) is 11.8 Å². The molecule has 2 rings (SSSR count). The van der Waals surface area contributed by atoms with E-state index in [1.165, 1.54) is 11.1 Å². The summed E-state index contributed by atoms with van der Waals surface area (Å²) in [6.07, 6.45) is 2.06. The first-order valence-electron chi connectivity index (χ1n) is 7.39. The Bertz CT molecular complexity index is 608. The summed E-state index contributed by atoms with van der Waals surface area (Å²) in [6.45, 7) is 8.25. The molecule has 0 spiro atoms. The lowest BCUT2D eigenvalue weighted by Crippen LogP contribution is -2.21. The van der Waals surface area contributed by atoms with Crippen molar-refractivity contribution in [3.8, 4) is 5.75 Å². The zero-order valence-electron chi connectivity index (χ0n) is 13.5. The molecule has 0 aliphatic heterocycles. The number of para-hydroxylation sites is 1. The van der Waals surface area contributed by atoms with E-state index in [0.29, 0.717) is 0 Å². The van der Waals surface area contributed by atoms with Gasteiger partial charge in [-0.25, -0.2) is 0 Å². The van der Waals surface area contributed by atoms with Crippen molar-refractivity contribution in [2.75, 3.05) is 7.05 Å². The summed E-state index contributed by atoms with van der Waals surface area (Å²) in [7, 11) is 1.96. The molecule has 0 saturated carbocycles. The van der Waals surface area contributed by atoms with E-state index in [9.17, 15) is 0 Å². The maximum atomic E-state index is 5.95. The highest BCUT2D eigenvalue weighted by molar-refractivity contribution is 5.42. The molecule has 0 aliphatic rings. The van der Waals surface area contributed by atoms with E-state index in [1.54, 1.807) is 0 Å². The molecule has 1 unspecified atom stereocenters. The Morgan fingerprint density at radius 3 is 2.48 bits per heavy atom. The zero-order chi connectivity index (χ0) is 15.4. The summed E-state index contributed by atoms with van der Waals surface area (Å²) in [5.41, 5.74) is 4.53. The second-order valence-corrected chi connectivity index (χ2v) is 5.64. The predicted octanol–water partition coefficient (Wildman–Crippen LogP) is 3.79. The Hall–Kier alpha value is -1.87. The van der Waals surface area contributed by atoms with Crippen LogP contribution in [0.2, 0.25) is 0 Å². The van der Waals surface area contributed by atoms with Gasteiger partial charge in [0.25, 0.3) is 0 Å². The summed E-state index contributed by atoms with van der Waals surface area (Å²) in [5.74, 6) is 0.911. The molecule has 112 valence electrons. The average Bonchev–Trinajstić information content (AvgIpc) is 2.43. The number of aryl methyl sites for hydroxylation is 2. The molecule has 0 radical (unpaired) electrons. The van der Waals surface area contributed by atoms with Crippen LogP contribution in [-0.4, -0.2) is 18.1 Å². The van der Waals surface area contributed by atoms with Crippen molar-refractivity contribution in [3.63, 3.8) is 0 Å². The van der Waals surface area contributed by atoms with Crippen LogP contribution in [0.4, 0.5) is 0 Å². The van der Waals surface area contributed by atoms with Gasteiger partial charge in [-0.2, -0.15) is 0 Å². The second-order valence-electron chi connectivity index (χ2n) is 5.64. The second kappa shape index (κ2) is 6.72. The van der Waals surface area contributed by atoms with Crippen molar-refractivity contribution in [1.29, 1.82) is 0 Å². The first-order chi connectivity index (χ1) is 10.0. The lowest BCUT2D eigenvalue weighted by atomic mass is 9.98. The third kappa shape index (κ3) is 3.61. The first-order valence-corrected chi connectivity index (χ1v) is 7.39. The van der Waals surface area contributed by atoms with Crippen LogP contribution in [0.15, 0.2) is 36.5 Å². The van der Waals surface area contributed by atoms with E-state index in [4.69, 9.17) is 4.74 Å². The van der Waals surface area contributed by atoms with Crippen LogP contribution in [0.1, 0.15) is 42.3 Å². The third-order valence-corrected chi connectivity index (χ3v) is 3.41. The maximum absolute atomic E-state index is 5.95. The Morgan fingerprint density at radius 1 is 1.14 bits per heavy atom. The highest BCUT2D eigenvalue weighted by Crippen LogP contribution is 2.31. The zero-order valence-corrected chi connectivity index (χ0v) is 13.5. The van der Waals surface area contributed by atoms with Crippen LogP contribution >= 0.6 is 0 Å². The summed E-state index contributed by atoms with van der Waals surface area (Å²) in [4.78, 5) is 4.63. The lowest BCUT2D eigenvalue weighted by molar-refractivity contribution is 0.238. The van der Waals surface area contributed by atoms with Crippen molar-refractivity contribution >= 4 is 0 Å². The molecule has 1 aromatic carbocycles. The minimum atomic E-state index is 0.0283. The van der Waals surface area contributed by atoms with E-state index >= 15 is 0 Å². The number of aromatic nitrogens is 1. The highest BCUT2D eigenvalue weighted by Gasteiger charge is 2.20. The number of hydrogen-bond donors (Lipinski definition) is 1. The van der Waals surface area contributed by atoms with Crippen molar-refractivity contribution in [2.24, 2.45) is 0 Å². The summed E-state index contributed by atoms with van der Waals surface area (Å²) >= 11 is 0. The van der Waals surface area contributed by atoms with Crippen LogP contribution in [-0.2, 0) is 0 Å². The molecular formula is C18H24N2O. The molecule has 0 fully saturated rings. The average molecular weight is 284 g/mol. The SMILES string of the molecule is CNC(c1ccccc1OC(C)C)c1ncc(C)cc1C. The number of pyridine rings is 1. The van der Waals surface area contributed by atoms with Gasteiger partial charge in [0.1, 0.15) is 5.75 Å². The van der Waals surface area contributed by atoms with Crippen LogP contribution in [0.3, 0.4) is 0 Å². The Morgan fingerprint density at radius 2 is 1.86 bits per heavy atom. The van der Waals surface area contributed by atoms with Gasteiger partial charge in [0.2, 0.25) is 0 Å². The lowest BCUT2D eigenvalue weighted by Gasteiger charge is -2.22. The Kier molecular flexibility index (Phi) is 4.97. The Labute approximate surface area is 127 Å². The molecule has 21 heavy (non-hydrogen) atoms. The minimum absolute atomic E-state index is 0.0283. The van der Waals surface area contributed by atoms with Gasteiger partial charge in [-0.15, -0.1) is 0 Å². The van der Waals surface area contributed by atoms with Gasteiger partial charge in [-0.1, -0.05) is 24.3 Å². The summed E-state index contributed by atoms with van der Waals surface area (Å²) in [5, 5.41) is 3.37. The van der Waals surface area contributed by atoms with Crippen molar-refractivity contribution in [3.05, 3.63) is 58.9 Å². The number of rotatable bonds is 5. The van der Waals surface area contributed by atoms with E-state index in [1.807, 2.05) is 45.3 Å². The normalized spacial score (nSPS) is 12.5. The quantitative estimate of drug-likeness (QED) is 0.907. The molecule has 1 N–H and O–H groups in total. The van der Waals surface area contributed by atoms with Crippen LogP contribution < -0.4 is 10.1 Å². The molecule has 2 aromatic rings. The molecule has 1 aromatic heterocycles. The Balaban J connectivity index is 2.46. The monoisotopic (exact) mass is 284 g/mol. The minimum Gasteiger partial charge on any atom is -0.491 e. The van der Waals surface area contributed by atoms with Crippen molar-refractivity contribution in [2.45, 2.75) is 39.8 Å². The molecule has 1 atom stereocenters. The van der Waals surface area contributed by atoms with Crippen LogP contribution in [0.25, 0.3) is 0 Å². The fraction of sp³-hybridized carbons (Fsp3) is 0.389. The van der Waals surface area contributed by atoms with Gasteiger partial charge >= 0.3 is 0 Å². The number of benzene rings is 1. The van der Waals surface area contributed by atoms with Crippen LogP contribution in [0.5, 0.6) is 5.75 Å². The molecule has 0 saturated heterocycles. The number of nitrogens with one attached hydrogen (secondary N) is 1. The predicted molar refractivity (Wildman–Crippen MR) is 86.8 cm³/mol. The maximum Gasteiger partial charge on any atom is 0.124 e. The van der Waals surface area contributed by atoms with E-state index in [-0.39, 0.29) is 12.1 Å². The van der Waals surface area contributed by atoms with Gasteiger partial charge in [-0.05, 0) is 51.9 Å². The molecule has 0 bridgehead atoms. The van der Waals surface area contributed by atoms with Crippen molar-refractivity contribution < 1.29 is 4.74 Å². The van der Waals surface area contributed by atoms with Crippen molar-refractivity contribution in [1.82, 2.24) is 10.3 Å². The fourth-order valence-electron chi connectivity index (χ4n) is 2.55. The number of ether oxygens (including phenoxy) is 1. The van der Waals surface area contributed by atoms with E-state index in [0.717, 1.165) is 17.0 Å². The summed E-state index contributed by atoms with van der Waals surface area (Å²) < 4.78 is 5.95. The smallest absolute Gasteiger partial charge is 0.124 e. The standard InChI is InChI=1S/C18H24N2O/c1-12(2)21-16-9-7-6-8-15(16)18(19-5)17-14(4)10-13(3)11-20-17/h6-12,18-19H,1-5H3. The first kappa shape index (κ1) is 15.5. The third-order valence-electron chi connectivity index (χ3n) is 3.41. The largest absolute Gasteiger partial charge is 0.491 e. The van der Waals surface area contributed by atoms with E-state index in [2.05, 4.69) is 36.3 Å².